The molecule has 0 heterocycles. The molecule has 0 fully saturated rings. The van der Waals surface area contributed by atoms with Crippen LogP contribution in [0.15, 0.2) is 48.5 Å². The highest BCUT2D eigenvalue weighted by Gasteiger charge is 2.14. The van der Waals surface area contributed by atoms with Crippen molar-refractivity contribution < 1.29 is 13.2 Å². The van der Waals surface area contributed by atoms with E-state index in [1.165, 1.54) is 5.56 Å². The predicted molar refractivity (Wildman–Crippen MR) is 111 cm³/mol. The van der Waals surface area contributed by atoms with Gasteiger partial charge in [-0.25, -0.2) is 8.42 Å². The van der Waals surface area contributed by atoms with Gasteiger partial charge >= 0.3 is 0 Å². The Hall–Kier alpha value is -2.34. The van der Waals surface area contributed by atoms with E-state index in [1.54, 1.807) is 12.1 Å². The lowest BCUT2D eigenvalue weighted by atomic mass is 9.87. The Balaban J connectivity index is 1.78. The molecule has 0 bridgehead atoms. The minimum atomic E-state index is -3.26. The van der Waals surface area contributed by atoms with E-state index in [-0.39, 0.29) is 11.3 Å². The number of hydrogen-bond donors (Lipinski definition) is 2. The molecule has 1 amide bonds. The van der Waals surface area contributed by atoms with Gasteiger partial charge in [0, 0.05) is 17.8 Å². The maximum Gasteiger partial charge on any atom is 0.251 e. The van der Waals surface area contributed by atoms with Gasteiger partial charge < -0.3 is 5.32 Å². The van der Waals surface area contributed by atoms with Crippen molar-refractivity contribution in [2.45, 2.75) is 39.0 Å². The first kappa shape index (κ1) is 21.0. The number of hydrogen-bond acceptors (Lipinski definition) is 3. The van der Waals surface area contributed by atoms with Gasteiger partial charge in [-0.3, -0.25) is 9.52 Å². The van der Waals surface area contributed by atoms with Gasteiger partial charge in [0.25, 0.3) is 5.91 Å². The standard InChI is InChI=1S/C21H28N2O3S/c1-21(2,3)18-11-9-17(10-12-18)20(24)22-15-5-6-16-7-13-19(14-8-16)23-27(4,25)26/h7-14,23H,5-6,15H2,1-4H3,(H,22,24). The molecule has 146 valence electrons. The zero-order valence-corrected chi connectivity index (χ0v) is 17.2. The molecule has 2 rings (SSSR count). The third-order valence-electron chi connectivity index (χ3n) is 4.20. The maximum absolute atomic E-state index is 12.2. The highest BCUT2D eigenvalue weighted by molar-refractivity contribution is 7.92. The van der Waals surface area contributed by atoms with E-state index in [1.807, 2.05) is 36.4 Å². The first-order valence-corrected chi connectivity index (χ1v) is 10.9. The SMILES string of the molecule is CC(C)(C)c1ccc(C(=O)NCCCc2ccc(NS(C)(=O)=O)cc2)cc1. The van der Waals surface area contributed by atoms with E-state index < -0.39 is 10.0 Å². The summed E-state index contributed by atoms with van der Waals surface area (Å²) in [7, 11) is -3.26. The van der Waals surface area contributed by atoms with Crippen LogP contribution in [0.4, 0.5) is 5.69 Å². The van der Waals surface area contributed by atoms with Crippen molar-refractivity contribution in [2.75, 3.05) is 17.5 Å². The van der Waals surface area contributed by atoms with E-state index in [4.69, 9.17) is 0 Å². The zero-order chi connectivity index (χ0) is 20.1. The minimum absolute atomic E-state index is 0.0665. The number of rotatable bonds is 7. The fourth-order valence-corrected chi connectivity index (χ4v) is 3.24. The summed E-state index contributed by atoms with van der Waals surface area (Å²) in [5, 5.41) is 2.94. The minimum Gasteiger partial charge on any atom is -0.352 e. The van der Waals surface area contributed by atoms with Crippen LogP contribution in [-0.2, 0) is 21.9 Å². The van der Waals surface area contributed by atoms with Crippen LogP contribution in [0.5, 0.6) is 0 Å². The molecule has 0 saturated carbocycles. The number of sulfonamides is 1. The third-order valence-corrected chi connectivity index (χ3v) is 4.80. The van der Waals surface area contributed by atoms with Crippen LogP contribution in [0, 0.1) is 0 Å². The summed E-state index contributed by atoms with van der Waals surface area (Å²) < 4.78 is 24.8. The van der Waals surface area contributed by atoms with Crippen molar-refractivity contribution >= 4 is 21.6 Å². The van der Waals surface area contributed by atoms with Crippen LogP contribution in [0.3, 0.4) is 0 Å². The highest BCUT2D eigenvalue weighted by Crippen LogP contribution is 2.22. The van der Waals surface area contributed by atoms with Gasteiger partial charge in [0.05, 0.1) is 6.26 Å². The van der Waals surface area contributed by atoms with Gasteiger partial charge in [0.1, 0.15) is 0 Å². The molecule has 2 aromatic carbocycles. The van der Waals surface area contributed by atoms with Crippen LogP contribution in [0.1, 0.15) is 48.7 Å². The Bertz CT molecular complexity index is 865. The van der Waals surface area contributed by atoms with Crippen LogP contribution in [-0.4, -0.2) is 27.1 Å². The van der Waals surface area contributed by atoms with E-state index in [2.05, 4.69) is 30.8 Å². The second kappa shape index (κ2) is 8.57. The molecule has 0 spiro atoms. The van der Waals surface area contributed by atoms with Crippen LogP contribution >= 0.6 is 0 Å². The molecule has 0 saturated heterocycles. The van der Waals surface area contributed by atoms with Crippen molar-refractivity contribution in [3.63, 3.8) is 0 Å². The fourth-order valence-electron chi connectivity index (χ4n) is 2.67. The molecule has 6 heteroatoms. The molecule has 0 aliphatic carbocycles. The van der Waals surface area contributed by atoms with Crippen molar-refractivity contribution in [3.05, 3.63) is 65.2 Å². The summed E-state index contributed by atoms with van der Waals surface area (Å²) in [6, 6.07) is 15.0. The summed E-state index contributed by atoms with van der Waals surface area (Å²) in [5.74, 6) is -0.0665. The van der Waals surface area contributed by atoms with Gasteiger partial charge in [0.15, 0.2) is 0 Å². The normalized spacial score (nSPS) is 11.9. The number of anilines is 1. The van der Waals surface area contributed by atoms with Crippen molar-refractivity contribution in [2.24, 2.45) is 0 Å². The molecule has 0 atom stereocenters. The molecule has 0 aliphatic heterocycles. The Morgan fingerprint density at radius 1 is 0.963 bits per heavy atom. The van der Waals surface area contributed by atoms with Gasteiger partial charge in [-0.1, -0.05) is 45.0 Å². The van der Waals surface area contributed by atoms with Crippen LogP contribution in [0.2, 0.25) is 0 Å². The predicted octanol–water partition coefficient (Wildman–Crippen LogP) is 3.72. The highest BCUT2D eigenvalue weighted by atomic mass is 32.2. The number of benzene rings is 2. The topological polar surface area (TPSA) is 75.3 Å². The molecule has 0 radical (unpaired) electrons. The molecule has 27 heavy (non-hydrogen) atoms. The molecule has 2 aromatic rings. The Labute approximate surface area is 162 Å². The number of aryl methyl sites for hydroxylation is 1. The lowest BCUT2D eigenvalue weighted by molar-refractivity contribution is 0.0953. The Morgan fingerprint density at radius 3 is 2.07 bits per heavy atom. The van der Waals surface area contributed by atoms with E-state index in [0.29, 0.717) is 17.8 Å². The van der Waals surface area contributed by atoms with Gasteiger partial charge in [0.2, 0.25) is 10.0 Å². The number of carbonyl (C=O) groups is 1. The fraction of sp³-hybridized carbons (Fsp3) is 0.381. The quantitative estimate of drug-likeness (QED) is 0.710. The second-order valence-electron chi connectivity index (χ2n) is 7.76. The smallest absolute Gasteiger partial charge is 0.251 e. The van der Waals surface area contributed by atoms with Crippen molar-refractivity contribution in [1.29, 1.82) is 0 Å². The van der Waals surface area contributed by atoms with Gasteiger partial charge in [-0.2, -0.15) is 0 Å². The van der Waals surface area contributed by atoms with Crippen LogP contribution in [0.25, 0.3) is 0 Å². The zero-order valence-electron chi connectivity index (χ0n) is 16.4. The van der Waals surface area contributed by atoms with Crippen molar-refractivity contribution in [1.82, 2.24) is 5.32 Å². The number of carbonyl (C=O) groups excluding carboxylic acids is 1. The summed E-state index contributed by atoms with van der Waals surface area (Å²) in [6.07, 6.45) is 2.74. The molecular weight excluding hydrogens is 360 g/mol. The summed E-state index contributed by atoms with van der Waals surface area (Å²) in [5.41, 5.74) is 3.58. The van der Waals surface area contributed by atoms with E-state index in [9.17, 15) is 13.2 Å². The molecule has 0 aromatic heterocycles. The maximum atomic E-state index is 12.2. The molecule has 2 N–H and O–H groups in total. The van der Waals surface area contributed by atoms with E-state index >= 15 is 0 Å². The summed E-state index contributed by atoms with van der Waals surface area (Å²) in [4.78, 5) is 12.2. The average molecular weight is 389 g/mol. The summed E-state index contributed by atoms with van der Waals surface area (Å²) >= 11 is 0. The molecule has 0 aliphatic rings. The second-order valence-corrected chi connectivity index (χ2v) is 9.51. The summed E-state index contributed by atoms with van der Waals surface area (Å²) in [6.45, 7) is 7.02. The molecule has 0 unspecified atom stereocenters. The third kappa shape index (κ3) is 7.06. The molecule has 5 nitrogen and oxygen atoms in total. The first-order valence-electron chi connectivity index (χ1n) is 9.00. The lowest BCUT2D eigenvalue weighted by Crippen LogP contribution is -2.25. The largest absolute Gasteiger partial charge is 0.352 e. The number of amides is 1. The van der Waals surface area contributed by atoms with E-state index in [0.717, 1.165) is 24.7 Å². The number of nitrogens with one attached hydrogen (secondary N) is 2. The van der Waals surface area contributed by atoms with Gasteiger partial charge in [-0.05, 0) is 53.6 Å². The molecular formula is C21H28N2O3S. The lowest BCUT2D eigenvalue weighted by Gasteiger charge is -2.19. The van der Waals surface area contributed by atoms with Crippen LogP contribution < -0.4 is 10.0 Å². The first-order chi connectivity index (χ1) is 12.5. The monoisotopic (exact) mass is 388 g/mol. The van der Waals surface area contributed by atoms with Crippen molar-refractivity contribution in [3.8, 4) is 0 Å². The average Bonchev–Trinajstić information content (AvgIpc) is 2.58. The Morgan fingerprint density at radius 2 is 1.56 bits per heavy atom. The van der Waals surface area contributed by atoms with Gasteiger partial charge in [-0.15, -0.1) is 0 Å². The Kier molecular flexibility index (Phi) is 6.65.